The van der Waals surface area contributed by atoms with Crippen LogP contribution in [0.25, 0.3) is 0 Å². The molecule has 0 aromatic heterocycles. The highest BCUT2D eigenvalue weighted by molar-refractivity contribution is 7.99. The van der Waals surface area contributed by atoms with Crippen LogP contribution in [-0.2, 0) is 0 Å². The van der Waals surface area contributed by atoms with Gasteiger partial charge < -0.3 is 0 Å². The molecule has 2 N–H and O–H groups in total. The van der Waals surface area contributed by atoms with E-state index in [0.29, 0.717) is 0 Å². The summed E-state index contributed by atoms with van der Waals surface area (Å²) >= 11 is 1.92. The predicted molar refractivity (Wildman–Crippen MR) is 28.5 cm³/mol. The molecule has 3 heteroatoms. The highest BCUT2D eigenvalue weighted by atomic mass is 32.2. The van der Waals surface area contributed by atoms with Crippen LogP contribution < -0.4 is 10.9 Å². The fourth-order valence-corrected chi connectivity index (χ4v) is 0.981. The minimum absolute atomic E-state index is 1.06. The van der Waals surface area contributed by atoms with Gasteiger partial charge in [0.05, 0.1) is 5.88 Å². The average molecular weight is 104 g/mol. The standard InChI is InChI=1S/C3H8N2S/c1-2-6-3-5-4-1/h4-5H,1-3H2. The van der Waals surface area contributed by atoms with Gasteiger partial charge in [-0.15, -0.1) is 11.8 Å². The van der Waals surface area contributed by atoms with Crippen molar-refractivity contribution in [1.29, 1.82) is 0 Å². The molecule has 1 fully saturated rings. The summed E-state index contributed by atoms with van der Waals surface area (Å²) in [5.74, 6) is 2.30. The molecule has 36 valence electrons. The van der Waals surface area contributed by atoms with Crippen LogP contribution in [0.4, 0.5) is 0 Å². The zero-order valence-corrected chi connectivity index (χ0v) is 4.35. The molecular formula is C3H8N2S. The Kier molecular flexibility index (Phi) is 1.80. The Morgan fingerprint density at radius 1 is 1.33 bits per heavy atom. The zero-order chi connectivity index (χ0) is 4.24. The predicted octanol–water partition coefficient (Wildman–Crippen LogP) is -0.215. The Morgan fingerprint density at radius 3 is 2.50 bits per heavy atom. The van der Waals surface area contributed by atoms with Gasteiger partial charge in [-0.25, -0.2) is 5.43 Å². The lowest BCUT2D eigenvalue weighted by atomic mass is 10.8. The Bertz CT molecular complexity index is 24.3. The normalized spacial score (nSPS) is 24.0. The summed E-state index contributed by atoms with van der Waals surface area (Å²) in [6.07, 6.45) is 0. The van der Waals surface area contributed by atoms with Crippen molar-refractivity contribution in [2.75, 3.05) is 18.2 Å². The number of thioether (sulfide) groups is 1. The molecule has 2 nitrogen and oxygen atoms in total. The lowest BCUT2D eigenvalue weighted by molar-refractivity contribution is 0.599. The molecule has 1 heterocycles. The summed E-state index contributed by atoms with van der Waals surface area (Å²) in [7, 11) is 0. The molecule has 1 aliphatic heterocycles. The molecule has 0 aromatic carbocycles. The van der Waals surface area contributed by atoms with Gasteiger partial charge in [-0.3, -0.25) is 5.43 Å². The first-order chi connectivity index (χ1) is 3.00. The zero-order valence-electron chi connectivity index (χ0n) is 3.53. The van der Waals surface area contributed by atoms with Crippen molar-refractivity contribution >= 4 is 11.8 Å². The third-order valence-electron chi connectivity index (χ3n) is 0.671. The summed E-state index contributed by atoms with van der Waals surface area (Å²) in [6, 6.07) is 0. The quantitative estimate of drug-likeness (QED) is 0.444. The molecule has 1 aliphatic rings. The van der Waals surface area contributed by atoms with Crippen molar-refractivity contribution in [1.82, 2.24) is 10.9 Å². The average Bonchev–Trinajstić information content (AvgIpc) is 1.72. The van der Waals surface area contributed by atoms with E-state index in [0.717, 1.165) is 12.4 Å². The number of hydrogen-bond donors (Lipinski definition) is 2. The first kappa shape index (κ1) is 4.43. The summed E-state index contributed by atoms with van der Waals surface area (Å²) in [5, 5.41) is 0. The van der Waals surface area contributed by atoms with E-state index in [-0.39, 0.29) is 0 Å². The van der Waals surface area contributed by atoms with E-state index < -0.39 is 0 Å². The van der Waals surface area contributed by atoms with Crippen molar-refractivity contribution in [3.8, 4) is 0 Å². The molecule has 1 rings (SSSR count). The second-order valence-electron chi connectivity index (χ2n) is 1.16. The van der Waals surface area contributed by atoms with Gasteiger partial charge in [0.2, 0.25) is 0 Å². The fourth-order valence-electron chi connectivity index (χ4n) is 0.386. The van der Waals surface area contributed by atoms with E-state index in [1.165, 1.54) is 5.75 Å². The minimum Gasteiger partial charge on any atom is -0.256 e. The summed E-state index contributed by atoms with van der Waals surface area (Å²) in [4.78, 5) is 0. The molecule has 6 heavy (non-hydrogen) atoms. The van der Waals surface area contributed by atoms with Crippen LogP contribution in [0.5, 0.6) is 0 Å². The van der Waals surface area contributed by atoms with Crippen molar-refractivity contribution in [2.24, 2.45) is 0 Å². The lowest BCUT2D eigenvalue weighted by Gasteiger charge is -2.10. The van der Waals surface area contributed by atoms with Crippen LogP contribution in [0.1, 0.15) is 0 Å². The maximum atomic E-state index is 3.01. The largest absolute Gasteiger partial charge is 0.256 e. The number of rotatable bonds is 0. The van der Waals surface area contributed by atoms with Gasteiger partial charge in [0.25, 0.3) is 0 Å². The minimum atomic E-state index is 1.06. The van der Waals surface area contributed by atoms with Gasteiger partial charge in [-0.1, -0.05) is 0 Å². The molecule has 0 spiro atoms. The first-order valence-corrected chi connectivity index (χ1v) is 3.19. The van der Waals surface area contributed by atoms with Gasteiger partial charge in [-0.05, 0) is 0 Å². The van der Waals surface area contributed by atoms with Crippen LogP contribution >= 0.6 is 11.8 Å². The second kappa shape index (κ2) is 2.44. The smallest absolute Gasteiger partial charge is 0.0557 e. The molecule has 0 amide bonds. The van der Waals surface area contributed by atoms with E-state index in [4.69, 9.17) is 0 Å². The topological polar surface area (TPSA) is 24.1 Å². The monoisotopic (exact) mass is 104 g/mol. The molecule has 0 aliphatic carbocycles. The maximum Gasteiger partial charge on any atom is 0.0557 e. The highest BCUT2D eigenvalue weighted by Crippen LogP contribution is 1.95. The van der Waals surface area contributed by atoms with Gasteiger partial charge in [0, 0.05) is 12.3 Å². The van der Waals surface area contributed by atoms with Crippen LogP contribution in [0.2, 0.25) is 0 Å². The van der Waals surface area contributed by atoms with Gasteiger partial charge in [-0.2, -0.15) is 0 Å². The Labute approximate surface area is 41.7 Å². The van der Waals surface area contributed by atoms with Crippen LogP contribution in [-0.4, -0.2) is 18.2 Å². The van der Waals surface area contributed by atoms with E-state index >= 15 is 0 Å². The van der Waals surface area contributed by atoms with Crippen LogP contribution in [0.3, 0.4) is 0 Å². The lowest BCUT2D eigenvalue weighted by Crippen LogP contribution is -2.37. The Balaban J connectivity index is 2.00. The molecule has 0 radical (unpaired) electrons. The van der Waals surface area contributed by atoms with Gasteiger partial charge >= 0.3 is 0 Å². The van der Waals surface area contributed by atoms with E-state index in [9.17, 15) is 0 Å². The third-order valence-corrected chi connectivity index (χ3v) is 1.51. The van der Waals surface area contributed by atoms with E-state index in [1.54, 1.807) is 0 Å². The van der Waals surface area contributed by atoms with Crippen molar-refractivity contribution < 1.29 is 0 Å². The Hall–Kier alpha value is 0.270. The number of hydrazine groups is 1. The van der Waals surface area contributed by atoms with Crippen molar-refractivity contribution in [2.45, 2.75) is 0 Å². The summed E-state index contributed by atoms with van der Waals surface area (Å²) in [5.41, 5.74) is 6.01. The van der Waals surface area contributed by atoms with Gasteiger partial charge in [0.15, 0.2) is 0 Å². The molecule has 0 atom stereocenters. The molecule has 0 unspecified atom stereocenters. The van der Waals surface area contributed by atoms with Crippen LogP contribution in [0.15, 0.2) is 0 Å². The third kappa shape index (κ3) is 1.16. The Morgan fingerprint density at radius 2 is 2.33 bits per heavy atom. The molecule has 0 aromatic rings. The first-order valence-electron chi connectivity index (χ1n) is 2.03. The molecular weight excluding hydrogens is 96.1 g/mol. The number of nitrogens with one attached hydrogen (secondary N) is 2. The summed E-state index contributed by atoms with van der Waals surface area (Å²) < 4.78 is 0. The molecule has 1 saturated heterocycles. The highest BCUT2D eigenvalue weighted by Gasteiger charge is 1.92. The second-order valence-corrected chi connectivity index (χ2v) is 2.26. The summed E-state index contributed by atoms with van der Waals surface area (Å²) in [6.45, 7) is 1.10. The van der Waals surface area contributed by atoms with E-state index in [2.05, 4.69) is 10.9 Å². The van der Waals surface area contributed by atoms with Crippen molar-refractivity contribution in [3.05, 3.63) is 0 Å². The molecule has 0 bridgehead atoms. The maximum absolute atomic E-state index is 3.01. The SMILES string of the molecule is C1CSCNN1. The van der Waals surface area contributed by atoms with Crippen molar-refractivity contribution in [3.63, 3.8) is 0 Å². The van der Waals surface area contributed by atoms with Gasteiger partial charge in [0.1, 0.15) is 0 Å². The molecule has 0 saturated carbocycles. The van der Waals surface area contributed by atoms with E-state index in [1.807, 2.05) is 11.8 Å². The number of hydrogen-bond acceptors (Lipinski definition) is 3. The fraction of sp³-hybridized carbons (Fsp3) is 1.00. The van der Waals surface area contributed by atoms with Crippen LogP contribution in [0, 0.1) is 0 Å².